The van der Waals surface area contributed by atoms with Crippen LogP contribution in [0.15, 0.2) is 36.5 Å². The maximum absolute atomic E-state index is 12.7. The van der Waals surface area contributed by atoms with Gasteiger partial charge in [0.15, 0.2) is 0 Å². The maximum atomic E-state index is 12.7. The van der Waals surface area contributed by atoms with E-state index in [1.807, 2.05) is 31.2 Å². The summed E-state index contributed by atoms with van der Waals surface area (Å²) in [4.78, 5) is 21.4. The molecule has 1 amide bonds. The Hall–Kier alpha value is -2.47. The van der Waals surface area contributed by atoms with E-state index in [4.69, 9.17) is 0 Å². The zero-order valence-electron chi connectivity index (χ0n) is 16.2. The van der Waals surface area contributed by atoms with Crippen LogP contribution in [0, 0.1) is 6.92 Å². The summed E-state index contributed by atoms with van der Waals surface area (Å²) in [6.45, 7) is 5.17. The SMILES string of the molecule is CCCNC1CCCCC1NC(=O)c1ccnc(Nc2cccc(C)c2)n1. The summed E-state index contributed by atoms with van der Waals surface area (Å²) in [5.41, 5.74) is 2.44. The lowest BCUT2D eigenvalue weighted by Gasteiger charge is -2.32. The summed E-state index contributed by atoms with van der Waals surface area (Å²) >= 11 is 0. The van der Waals surface area contributed by atoms with Gasteiger partial charge in [-0.3, -0.25) is 4.79 Å². The average Bonchev–Trinajstić information content (AvgIpc) is 2.67. The van der Waals surface area contributed by atoms with E-state index in [1.54, 1.807) is 12.3 Å². The Morgan fingerprint density at radius 2 is 2.00 bits per heavy atom. The molecule has 1 aromatic heterocycles. The smallest absolute Gasteiger partial charge is 0.270 e. The van der Waals surface area contributed by atoms with Gasteiger partial charge < -0.3 is 16.0 Å². The Morgan fingerprint density at radius 1 is 1.19 bits per heavy atom. The van der Waals surface area contributed by atoms with E-state index in [-0.39, 0.29) is 11.9 Å². The third-order valence-electron chi connectivity index (χ3n) is 4.90. The van der Waals surface area contributed by atoms with Crippen LogP contribution in [0.25, 0.3) is 0 Å². The second kappa shape index (κ2) is 9.46. The van der Waals surface area contributed by atoms with Gasteiger partial charge in [0, 0.05) is 24.0 Å². The number of aromatic nitrogens is 2. The fourth-order valence-electron chi connectivity index (χ4n) is 3.52. The van der Waals surface area contributed by atoms with Gasteiger partial charge >= 0.3 is 0 Å². The van der Waals surface area contributed by atoms with Crippen molar-refractivity contribution < 1.29 is 4.79 Å². The molecule has 3 N–H and O–H groups in total. The minimum atomic E-state index is -0.139. The summed E-state index contributed by atoms with van der Waals surface area (Å²) in [5, 5.41) is 9.91. The molecule has 2 aromatic rings. The molecule has 2 atom stereocenters. The van der Waals surface area contributed by atoms with Gasteiger partial charge in [-0.1, -0.05) is 31.9 Å². The van der Waals surface area contributed by atoms with Crippen LogP contribution in [0.1, 0.15) is 55.1 Å². The first-order valence-electron chi connectivity index (χ1n) is 9.86. The third-order valence-corrected chi connectivity index (χ3v) is 4.90. The Balaban J connectivity index is 1.65. The lowest BCUT2D eigenvalue weighted by Crippen LogP contribution is -2.51. The third kappa shape index (κ3) is 5.50. The first-order valence-corrected chi connectivity index (χ1v) is 9.86. The molecule has 1 aliphatic carbocycles. The molecule has 1 aromatic carbocycles. The number of aryl methyl sites for hydroxylation is 1. The molecule has 1 aliphatic rings. The fraction of sp³-hybridized carbons (Fsp3) is 0.476. The van der Waals surface area contributed by atoms with Crippen molar-refractivity contribution in [3.05, 3.63) is 47.8 Å². The van der Waals surface area contributed by atoms with Crippen molar-refractivity contribution >= 4 is 17.5 Å². The Labute approximate surface area is 161 Å². The van der Waals surface area contributed by atoms with E-state index in [0.717, 1.165) is 43.5 Å². The Kier molecular flexibility index (Phi) is 6.76. The van der Waals surface area contributed by atoms with Crippen LogP contribution in [0.2, 0.25) is 0 Å². The van der Waals surface area contributed by atoms with E-state index in [2.05, 4.69) is 32.8 Å². The number of nitrogens with one attached hydrogen (secondary N) is 3. The number of rotatable bonds is 7. The first kappa shape index (κ1) is 19.3. The van der Waals surface area contributed by atoms with Crippen molar-refractivity contribution in [2.75, 3.05) is 11.9 Å². The highest BCUT2D eigenvalue weighted by Gasteiger charge is 2.26. The molecule has 1 saturated carbocycles. The lowest BCUT2D eigenvalue weighted by molar-refractivity contribution is 0.0910. The Morgan fingerprint density at radius 3 is 2.78 bits per heavy atom. The summed E-state index contributed by atoms with van der Waals surface area (Å²) < 4.78 is 0. The van der Waals surface area contributed by atoms with Gasteiger partial charge in [-0.25, -0.2) is 9.97 Å². The van der Waals surface area contributed by atoms with Crippen LogP contribution < -0.4 is 16.0 Å². The van der Waals surface area contributed by atoms with Gasteiger partial charge in [0.2, 0.25) is 5.95 Å². The van der Waals surface area contributed by atoms with Crippen molar-refractivity contribution in [1.29, 1.82) is 0 Å². The summed E-state index contributed by atoms with van der Waals surface area (Å²) in [6, 6.07) is 10.1. The fourth-order valence-corrected chi connectivity index (χ4v) is 3.52. The highest BCUT2D eigenvalue weighted by atomic mass is 16.2. The predicted octanol–water partition coefficient (Wildman–Crippen LogP) is 3.57. The predicted molar refractivity (Wildman–Crippen MR) is 108 cm³/mol. The number of hydrogen-bond acceptors (Lipinski definition) is 5. The molecule has 1 heterocycles. The van der Waals surface area contributed by atoms with Crippen molar-refractivity contribution in [2.45, 2.75) is 58.0 Å². The largest absolute Gasteiger partial charge is 0.346 e. The van der Waals surface area contributed by atoms with E-state index in [1.165, 1.54) is 6.42 Å². The van der Waals surface area contributed by atoms with Crippen molar-refractivity contribution in [2.24, 2.45) is 0 Å². The van der Waals surface area contributed by atoms with Crippen molar-refractivity contribution in [3.63, 3.8) is 0 Å². The second-order valence-corrected chi connectivity index (χ2v) is 7.18. The van der Waals surface area contributed by atoms with Crippen molar-refractivity contribution in [1.82, 2.24) is 20.6 Å². The molecule has 0 saturated heterocycles. The first-order chi connectivity index (χ1) is 13.2. The zero-order valence-corrected chi connectivity index (χ0v) is 16.2. The van der Waals surface area contributed by atoms with E-state index in [9.17, 15) is 4.79 Å². The molecule has 0 radical (unpaired) electrons. The minimum Gasteiger partial charge on any atom is -0.346 e. The highest BCUT2D eigenvalue weighted by Crippen LogP contribution is 2.19. The van der Waals surface area contributed by atoms with Gasteiger partial charge in [-0.2, -0.15) is 0 Å². The molecule has 0 bridgehead atoms. The molecule has 3 rings (SSSR count). The van der Waals surface area contributed by atoms with Crippen molar-refractivity contribution in [3.8, 4) is 0 Å². The normalized spacial score (nSPS) is 19.5. The molecule has 2 unspecified atom stereocenters. The van der Waals surface area contributed by atoms with Crippen LogP contribution in [-0.4, -0.2) is 34.5 Å². The molecule has 6 heteroatoms. The molecule has 0 aliphatic heterocycles. The monoisotopic (exact) mass is 367 g/mol. The lowest BCUT2D eigenvalue weighted by atomic mass is 9.90. The van der Waals surface area contributed by atoms with E-state index >= 15 is 0 Å². The zero-order chi connectivity index (χ0) is 19.1. The number of hydrogen-bond donors (Lipinski definition) is 3. The number of nitrogens with zero attached hydrogens (tertiary/aromatic N) is 2. The van der Waals surface area contributed by atoms with Crippen LogP contribution in [-0.2, 0) is 0 Å². The summed E-state index contributed by atoms with van der Waals surface area (Å²) in [5.74, 6) is 0.289. The van der Waals surface area contributed by atoms with Gasteiger partial charge in [-0.15, -0.1) is 0 Å². The molecular weight excluding hydrogens is 338 g/mol. The molecular formula is C21H29N5O. The van der Waals surface area contributed by atoms with Crippen LogP contribution in [0.5, 0.6) is 0 Å². The minimum absolute atomic E-state index is 0.139. The van der Waals surface area contributed by atoms with Gasteiger partial charge in [0.05, 0.1) is 0 Å². The quantitative estimate of drug-likeness (QED) is 0.697. The van der Waals surface area contributed by atoms with Crippen LogP contribution >= 0.6 is 0 Å². The van der Waals surface area contributed by atoms with E-state index in [0.29, 0.717) is 17.7 Å². The second-order valence-electron chi connectivity index (χ2n) is 7.18. The van der Waals surface area contributed by atoms with Crippen LogP contribution in [0.3, 0.4) is 0 Å². The number of anilines is 2. The molecule has 144 valence electrons. The molecule has 1 fully saturated rings. The number of benzene rings is 1. The molecule has 6 nitrogen and oxygen atoms in total. The summed E-state index contributed by atoms with van der Waals surface area (Å²) in [6.07, 6.45) is 7.19. The number of amides is 1. The number of carbonyl (C=O) groups is 1. The standard InChI is InChI=1S/C21H29N5O/c1-3-12-22-17-9-4-5-10-18(17)25-20(27)19-11-13-23-21(26-19)24-16-8-6-7-15(2)14-16/h6-8,11,13-14,17-18,22H,3-5,9-10,12H2,1-2H3,(H,25,27)(H,23,24,26). The topological polar surface area (TPSA) is 78.9 Å². The Bertz CT molecular complexity index is 764. The summed E-state index contributed by atoms with van der Waals surface area (Å²) in [7, 11) is 0. The molecule has 27 heavy (non-hydrogen) atoms. The number of carbonyl (C=O) groups excluding carboxylic acids is 1. The van der Waals surface area contributed by atoms with Gasteiger partial charge in [0.25, 0.3) is 5.91 Å². The molecule has 0 spiro atoms. The van der Waals surface area contributed by atoms with E-state index < -0.39 is 0 Å². The van der Waals surface area contributed by atoms with Gasteiger partial charge in [0.1, 0.15) is 5.69 Å². The van der Waals surface area contributed by atoms with Gasteiger partial charge in [-0.05, 0) is 56.5 Å². The highest BCUT2D eigenvalue weighted by molar-refractivity contribution is 5.92. The average molecular weight is 367 g/mol. The van der Waals surface area contributed by atoms with Crippen LogP contribution in [0.4, 0.5) is 11.6 Å². The maximum Gasteiger partial charge on any atom is 0.270 e.